The van der Waals surface area contributed by atoms with Gasteiger partial charge in [-0.1, -0.05) is 0 Å². The number of fused-ring (bicyclic) bond motifs is 1. The zero-order valence-corrected chi connectivity index (χ0v) is 13.5. The number of ether oxygens (including phenoxy) is 2. The molecular formula is C16H24N2O2S. The number of aryl methyl sites for hydroxylation is 1. The molecule has 2 aliphatic heterocycles. The van der Waals surface area contributed by atoms with E-state index in [1.807, 2.05) is 6.92 Å². The molecule has 2 saturated heterocycles. The number of nitrogens with zero attached hydrogens (tertiary/aromatic N) is 2. The quantitative estimate of drug-likeness (QED) is 0.837. The maximum atomic E-state index is 6.18. The van der Waals surface area contributed by atoms with Crippen LogP contribution in [0.1, 0.15) is 36.4 Å². The van der Waals surface area contributed by atoms with Gasteiger partial charge in [0, 0.05) is 31.1 Å². The Bertz CT molecular complexity index is 488. The van der Waals surface area contributed by atoms with E-state index in [2.05, 4.69) is 15.3 Å². The van der Waals surface area contributed by atoms with E-state index in [4.69, 9.17) is 9.47 Å². The van der Waals surface area contributed by atoms with Crippen molar-refractivity contribution in [1.29, 1.82) is 0 Å². The summed E-state index contributed by atoms with van der Waals surface area (Å²) in [5.41, 5.74) is 1.06. The van der Waals surface area contributed by atoms with E-state index in [1.165, 1.54) is 32.2 Å². The first kappa shape index (κ1) is 14.1. The molecule has 0 spiro atoms. The zero-order valence-electron chi connectivity index (χ0n) is 12.7. The van der Waals surface area contributed by atoms with Crippen LogP contribution in [0.25, 0.3) is 0 Å². The first-order valence-electron chi connectivity index (χ1n) is 8.18. The van der Waals surface area contributed by atoms with Crippen molar-refractivity contribution in [3.05, 3.63) is 16.1 Å². The number of hydrogen-bond donors (Lipinski definition) is 0. The van der Waals surface area contributed by atoms with Gasteiger partial charge in [0.05, 0.1) is 23.4 Å². The van der Waals surface area contributed by atoms with Crippen molar-refractivity contribution in [1.82, 2.24) is 9.88 Å². The van der Waals surface area contributed by atoms with Gasteiger partial charge in [-0.05, 0) is 38.5 Å². The Balaban J connectivity index is 1.39. The molecule has 0 N–H and O–H groups in total. The van der Waals surface area contributed by atoms with Crippen molar-refractivity contribution in [2.24, 2.45) is 5.92 Å². The summed E-state index contributed by atoms with van der Waals surface area (Å²) in [6.07, 6.45) is 5.79. The van der Waals surface area contributed by atoms with Gasteiger partial charge in [0.15, 0.2) is 0 Å². The Labute approximate surface area is 130 Å². The van der Waals surface area contributed by atoms with Crippen molar-refractivity contribution in [2.75, 3.05) is 19.7 Å². The van der Waals surface area contributed by atoms with Gasteiger partial charge >= 0.3 is 0 Å². The van der Waals surface area contributed by atoms with Crippen LogP contribution < -0.4 is 0 Å². The zero-order chi connectivity index (χ0) is 14.2. The van der Waals surface area contributed by atoms with E-state index in [0.29, 0.717) is 12.6 Å². The maximum Gasteiger partial charge on any atom is 0.100 e. The number of likely N-dealkylation sites (tertiary alicyclic amines) is 1. The fourth-order valence-electron chi connectivity index (χ4n) is 3.66. The van der Waals surface area contributed by atoms with Gasteiger partial charge in [0.1, 0.15) is 6.10 Å². The summed E-state index contributed by atoms with van der Waals surface area (Å²) in [4.78, 5) is 7.13. The van der Waals surface area contributed by atoms with Crippen LogP contribution in [0.5, 0.6) is 0 Å². The smallest absolute Gasteiger partial charge is 0.100 e. The van der Waals surface area contributed by atoms with Crippen LogP contribution in [-0.2, 0) is 16.1 Å². The van der Waals surface area contributed by atoms with E-state index >= 15 is 0 Å². The average molecular weight is 308 g/mol. The second-order valence-electron chi connectivity index (χ2n) is 6.65. The topological polar surface area (TPSA) is 34.6 Å². The van der Waals surface area contributed by atoms with Gasteiger partial charge in [-0.3, -0.25) is 4.90 Å². The molecule has 3 aliphatic rings. The summed E-state index contributed by atoms with van der Waals surface area (Å²) in [6, 6.07) is 0.585. The highest BCUT2D eigenvalue weighted by atomic mass is 32.1. The van der Waals surface area contributed by atoms with E-state index in [-0.39, 0.29) is 12.2 Å². The molecule has 0 bridgehead atoms. The molecule has 0 unspecified atom stereocenters. The van der Waals surface area contributed by atoms with Crippen LogP contribution in [0.4, 0.5) is 0 Å². The molecule has 1 aliphatic carbocycles. The third-order valence-electron chi connectivity index (χ3n) is 4.89. The molecule has 1 saturated carbocycles. The van der Waals surface area contributed by atoms with Crippen molar-refractivity contribution < 1.29 is 9.47 Å². The molecular weight excluding hydrogens is 284 g/mol. The van der Waals surface area contributed by atoms with Crippen molar-refractivity contribution in [3.63, 3.8) is 0 Å². The highest BCUT2D eigenvalue weighted by Crippen LogP contribution is 2.36. The lowest BCUT2D eigenvalue weighted by Gasteiger charge is -2.32. The largest absolute Gasteiger partial charge is 0.374 e. The minimum absolute atomic E-state index is 0.219. The van der Waals surface area contributed by atoms with E-state index < -0.39 is 0 Å². The fraction of sp³-hybridized carbons (Fsp3) is 0.812. The summed E-state index contributed by atoms with van der Waals surface area (Å²) in [7, 11) is 0. The Morgan fingerprint density at radius 1 is 1.43 bits per heavy atom. The summed E-state index contributed by atoms with van der Waals surface area (Å²) >= 11 is 1.69. The Morgan fingerprint density at radius 2 is 2.33 bits per heavy atom. The lowest BCUT2D eigenvalue weighted by molar-refractivity contribution is -0.0822. The van der Waals surface area contributed by atoms with E-state index in [0.717, 1.165) is 29.8 Å². The molecule has 4 rings (SSSR count). The molecule has 21 heavy (non-hydrogen) atoms. The van der Waals surface area contributed by atoms with Crippen molar-refractivity contribution >= 4 is 11.3 Å². The van der Waals surface area contributed by atoms with Gasteiger partial charge in [0.25, 0.3) is 0 Å². The SMILES string of the molecule is Cc1nc(CO[C@@H]2CN(CC3CC3)[C@@H]3CCCO[C@@H]32)cs1. The van der Waals surface area contributed by atoms with E-state index in [9.17, 15) is 0 Å². The molecule has 0 radical (unpaired) electrons. The normalized spacial score (nSPS) is 33.3. The minimum atomic E-state index is 0.219. The van der Waals surface area contributed by atoms with Gasteiger partial charge < -0.3 is 9.47 Å². The molecule has 0 amide bonds. The second kappa shape index (κ2) is 5.95. The first-order chi connectivity index (χ1) is 10.3. The highest BCUT2D eigenvalue weighted by molar-refractivity contribution is 7.09. The van der Waals surface area contributed by atoms with Crippen LogP contribution in [0.15, 0.2) is 5.38 Å². The van der Waals surface area contributed by atoms with Crippen molar-refractivity contribution in [2.45, 2.75) is 57.5 Å². The maximum absolute atomic E-state index is 6.18. The van der Waals surface area contributed by atoms with Crippen LogP contribution in [0.2, 0.25) is 0 Å². The fourth-order valence-corrected chi connectivity index (χ4v) is 4.26. The van der Waals surface area contributed by atoms with Gasteiger partial charge in [0.2, 0.25) is 0 Å². The van der Waals surface area contributed by atoms with Crippen molar-refractivity contribution in [3.8, 4) is 0 Å². The molecule has 5 heteroatoms. The number of thiazole rings is 1. The van der Waals surface area contributed by atoms with Crippen LogP contribution in [-0.4, -0.2) is 47.8 Å². The third-order valence-corrected chi connectivity index (χ3v) is 5.71. The van der Waals surface area contributed by atoms with Gasteiger partial charge in [-0.15, -0.1) is 11.3 Å². The lowest BCUT2D eigenvalue weighted by Crippen LogP contribution is -2.42. The molecule has 116 valence electrons. The third kappa shape index (κ3) is 3.16. The lowest BCUT2D eigenvalue weighted by atomic mass is 10.0. The first-order valence-corrected chi connectivity index (χ1v) is 9.06. The number of aromatic nitrogens is 1. The number of rotatable bonds is 5. The molecule has 1 aromatic rings. The van der Waals surface area contributed by atoms with Crippen LogP contribution >= 0.6 is 11.3 Å². The monoisotopic (exact) mass is 308 g/mol. The standard InChI is InChI=1S/C16H24N2O2S/c1-11-17-13(10-21-11)9-20-15-8-18(7-12-4-5-12)14-3-2-6-19-16(14)15/h10,12,14-16H,2-9H2,1H3/t14-,15-,16+/m1/s1. The predicted octanol–water partition coefficient (Wildman–Crippen LogP) is 2.61. The second-order valence-corrected chi connectivity index (χ2v) is 7.71. The molecule has 3 fully saturated rings. The predicted molar refractivity (Wildman–Crippen MR) is 82.5 cm³/mol. The van der Waals surface area contributed by atoms with Crippen LogP contribution in [0, 0.1) is 12.8 Å². The summed E-state index contributed by atoms with van der Waals surface area (Å²) in [5.74, 6) is 0.938. The Morgan fingerprint density at radius 3 is 3.10 bits per heavy atom. The summed E-state index contributed by atoms with van der Waals surface area (Å²) in [6.45, 7) is 5.85. The average Bonchev–Trinajstić information content (AvgIpc) is 3.11. The summed E-state index contributed by atoms with van der Waals surface area (Å²) in [5, 5.41) is 3.22. The molecule has 0 aromatic carbocycles. The summed E-state index contributed by atoms with van der Waals surface area (Å²) < 4.78 is 12.2. The van der Waals surface area contributed by atoms with Crippen LogP contribution in [0.3, 0.4) is 0 Å². The molecule has 3 atom stereocenters. The van der Waals surface area contributed by atoms with Gasteiger partial charge in [-0.25, -0.2) is 4.98 Å². The highest BCUT2D eigenvalue weighted by Gasteiger charge is 2.45. The molecule has 3 heterocycles. The van der Waals surface area contributed by atoms with Gasteiger partial charge in [-0.2, -0.15) is 0 Å². The Kier molecular flexibility index (Phi) is 4.00. The molecule has 4 nitrogen and oxygen atoms in total. The minimum Gasteiger partial charge on any atom is -0.374 e. The van der Waals surface area contributed by atoms with E-state index in [1.54, 1.807) is 11.3 Å². The molecule has 1 aromatic heterocycles. The number of hydrogen-bond acceptors (Lipinski definition) is 5. The Hall–Kier alpha value is -0.490.